The summed E-state index contributed by atoms with van der Waals surface area (Å²) in [5, 5.41) is 3.46. The summed E-state index contributed by atoms with van der Waals surface area (Å²) < 4.78 is 5.28. The highest BCUT2D eigenvalue weighted by atomic mass is 35.5. The zero-order valence-electron chi connectivity index (χ0n) is 13.5. The van der Waals surface area contributed by atoms with Crippen molar-refractivity contribution in [1.82, 2.24) is 10.2 Å². The molecule has 1 heterocycles. The number of halogens is 1. The lowest BCUT2D eigenvalue weighted by Gasteiger charge is -2.33. The lowest BCUT2D eigenvalue weighted by atomic mass is 9.97. The summed E-state index contributed by atoms with van der Waals surface area (Å²) in [6, 6.07) is 6.12. The molecular formula is C17H23ClN2O3. The van der Waals surface area contributed by atoms with Gasteiger partial charge in [-0.1, -0.05) is 31.9 Å². The van der Waals surface area contributed by atoms with Crippen LogP contribution in [0.15, 0.2) is 24.3 Å². The first-order chi connectivity index (χ1) is 11.0. The van der Waals surface area contributed by atoms with Gasteiger partial charge in [-0.3, -0.25) is 9.59 Å². The molecule has 0 aromatic heterocycles. The molecule has 1 saturated heterocycles. The van der Waals surface area contributed by atoms with Crippen molar-refractivity contribution in [2.45, 2.75) is 26.3 Å². The monoisotopic (exact) mass is 338 g/mol. The Morgan fingerprint density at radius 3 is 2.43 bits per heavy atom. The second-order valence-corrected chi connectivity index (χ2v) is 6.22. The Hall–Kier alpha value is -1.59. The van der Waals surface area contributed by atoms with E-state index in [1.165, 1.54) is 0 Å². The van der Waals surface area contributed by atoms with Crippen molar-refractivity contribution in [3.63, 3.8) is 0 Å². The van der Waals surface area contributed by atoms with Crippen LogP contribution in [-0.4, -0.2) is 49.1 Å². The smallest absolute Gasteiger partial charge is 0.251 e. The molecule has 2 atom stereocenters. The number of carbonyl (C=O) groups excluding carboxylic acids is 2. The fraction of sp³-hybridized carbons (Fsp3) is 0.529. The van der Waals surface area contributed by atoms with Crippen LogP contribution in [0.25, 0.3) is 0 Å². The average molecular weight is 339 g/mol. The summed E-state index contributed by atoms with van der Waals surface area (Å²) in [5.41, 5.74) is 0.498. The Kier molecular flexibility index (Phi) is 6.42. The predicted molar refractivity (Wildman–Crippen MR) is 89.6 cm³/mol. The average Bonchev–Trinajstić information content (AvgIpc) is 2.59. The molecule has 0 saturated carbocycles. The number of nitrogens with zero attached hydrogens (tertiary/aromatic N) is 1. The highest BCUT2D eigenvalue weighted by molar-refractivity contribution is 6.30. The predicted octanol–water partition coefficient (Wildman–Crippen LogP) is 2.34. The molecule has 1 aliphatic heterocycles. The Balaban J connectivity index is 2.09. The van der Waals surface area contributed by atoms with Crippen LogP contribution in [0.2, 0.25) is 5.02 Å². The number of hydrogen-bond donors (Lipinski definition) is 1. The molecule has 2 rings (SSSR count). The molecule has 2 unspecified atom stereocenters. The Bertz CT molecular complexity index is 541. The van der Waals surface area contributed by atoms with Gasteiger partial charge in [-0.25, -0.2) is 0 Å². The molecule has 1 N–H and O–H groups in total. The van der Waals surface area contributed by atoms with Gasteiger partial charge in [-0.05, 0) is 30.2 Å². The van der Waals surface area contributed by atoms with Crippen LogP contribution >= 0.6 is 11.6 Å². The SMILES string of the molecule is CCC(C)C(NC(=O)c1ccc(Cl)cc1)C(=O)N1CCOCC1. The first-order valence-corrected chi connectivity index (χ1v) is 8.33. The van der Waals surface area contributed by atoms with Gasteiger partial charge < -0.3 is 15.0 Å². The van der Waals surface area contributed by atoms with Crippen molar-refractivity contribution < 1.29 is 14.3 Å². The van der Waals surface area contributed by atoms with Crippen LogP contribution in [0.1, 0.15) is 30.6 Å². The van der Waals surface area contributed by atoms with Crippen molar-refractivity contribution in [1.29, 1.82) is 0 Å². The summed E-state index contributed by atoms with van der Waals surface area (Å²) in [6.07, 6.45) is 0.807. The molecular weight excluding hydrogens is 316 g/mol. The van der Waals surface area contributed by atoms with Gasteiger partial charge in [0, 0.05) is 23.7 Å². The quantitative estimate of drug-likeness (QED) is 0.896. The van der Waals surface area contributed by atoms with Crippen molar-refractivity contribution in [3.05, 3.63) is 34.9 Å². The number of morpholine rings is 1. The van der Waals surface area contributed by atoms with Gasteiger partial charge in [0.25, 0.3) is 5.91 Å². The first-order valence-electron chi connectivity index (χ1n) is 7.96. The van der Waals surface area contributed by atoms with Gasteiger partial charge in [-0.2, -0.15) is 0 Å². The van der Waals surface area contributed by atoms with E-state index >= 15 is 0 Å². The standard InChI is InChI=1S/C17H23ClN2O3/c1-3-12(2)15(17(22)20-8-10-23-11-9-20)19-16(21)13-4-6-14(18)7-5-13/h4-7,12,15H,3,8-11H2,1-2H3,(H,19,21). The fourth-order valence-electron chi connectivity index (χ4n) is 2.49. The zero-order valence-corrected chi connectivity index (χ0v) is 14.3. The van der Waals surface area contributed by atoms with E-state index in [-0.39, 0.29) is 17.7 Å². The third-order valence-corrected chi connectivity index (χ3v) is 4.45. The van der Waals surface area contributed by atoms with Gasteiger partial charge in [-0.15, -0.1) is 0 Å². The van der Waals surface area contributed by atoms with E-state index in [0.29, 0.717) is 36.9 Å². The van der Waals surface area contributed by atoms with Crippen LogP contribution < -0.4 is 5.32 Å². The lowest BCUT2D eigenvalue weighted by Crippen LogP contribution is -2.54. The maximum absolute atomic E-state index is 12.8. The van der Waals surface area contributed by atoms with Crippen molar-refractivity contribution in [2.24, 2.45) is 5.92 Å². The summed E-state index contributed by atoms with van der Waals surface area (Å²) in [4.78, 5) is 26.9. The van der Waals surface area contributed by atoms with Gasteiger partial charge in [0.05, 0.1) is 13.2 Å². The summed E-state index contributed by atoms with van der Waals surface area (Å²) in [7, 11) is 0. The van der Waals surface area contributed by atoms with Crippen LogP contribution in [-0.2, 0) is 9.53 Å². The molecule has 1 aliphatic rings. The maximum Gasteiger partial charge on any atom is 0.251 e. The van der Waals surface area contributed by atoms with E-state index in [9.17, 15) is 9.59 Å². The Morgan fingerprint density at radius 1 is 1.26 bits per heavy atom. The van der Waals surface area contributed by atoms with Gasteiger partial charge in [0.15, 0.2) is 0 Å². The summed E-state index contributed by atoms with van der Waals surface area (Å²) in [5.74, 6) is -0.236. The molecule has 126 valence electrons. The Morgan fingerprint density at radius 2 is 1.87 bits per heavy atom. The highest BCUT2D eigenvalue weighted by Crippen LogP contribution is 2.14. The van der Waals surface area contributed by atoms with Gasteiger partial charge >= 0.3 is 0 Å². The Labute approximate surface area is 141 Å². The minimum atomic E-state index is -0.527. The van der Waals surface area contributed by atoms with E-state index in [1.54, 1.807) is 29.2 Å². The number of nitrogens with one attached hydrogen (secondary N) is 1. The van der Waals surface area contributed by atoms with E-state index < -0.39 is 6.04 Å². The fourth-order valence-corrected chi connectivity index (χ4v) is 2.62. The van der Waals surface area contributed by atoms with Crippen molar-refractivity contribution in [3.8, 4) is 0 Å². The second-order valence-electron chi connectivity index (χ2n) is 5.78. The molecule has 0 bridgehead atoms. The molecule has 1 aromatic rings. The number of hydrogen-bond acceptors (Lipinski definition) is 3. The third kappa shape index (κ3) is 4.69. The minimum absolute atomic E-state index is 0.0371. The van der Waals surface area contributed by atoms with Crippen LogP contribution in [0, 0.1) is 5.92 Å². The number of carbonyl (C=O) groups is 2. The highest BCUT2D eigenvalue weighted by Gasteiger charge is 2.30. The minimum Gasteiger partial charge on any atom is -0.378 e. The molecule has 0 spiro atoms. The molecule has 1 fully saturated rings. The van der Waals surface area contributed by atoms with E-state index in [0.717, 1.165) is 6.42 Å². The molecule has 0 radical (unpaired) electrons. The molecule has 0 aliphatic carbocycles. The summed E-state index contributed by atoms with van der Waals surface area (Å²) >= 11 is 5.84. The van der Waals surface area contributed by atoms with Crippen molar-refractivity contribution >= 4 is 23.4 Å². The molecule has 1 aromatic carbocycles. The number of rotatable bonds is 5. The number of benzene rings is 1. The largest absolute Gasteiger partial charge is 0.378 e. The maximum atomic E-state index is 12.8. The second kappa shape index (κ2) is 8.31. The van der Waals surface area contributed by atoms with Gasteiger partial charge in [0.2, 0.25) is 5.91 Å². The third-order valence-electron chi connectivity index (χ3n) is 4.19. The van der Waals surface area contributed by atoms with Crippen LogP contribution in [0.3, 0.4) is 0 Å². The topological polar surface area (TPSA) is 58.6 Å². The van der Waals surface area contributed by atoms with E-state index in [4.69, 9.17) is 16.3 Å². The van der Waals surface area contributed by atoms with Gasteiger partial charge in [0.1, 0.15) is 6.04 Å². The molecule has 6 heteroatoms. The van der Waals surface area contributed by atoms with E-state index in [1.807, 2.05) is 13.8 Å². The normalized spacial score (nSPS) is 17.4. The van der Waals surface area contributed by atoms with Crippen molar-refractivity contribution in [2.75, 3.05) is 26.3 Å². The zero-order chi connectivity index (χ0) is 16.8. The van der Waals surface area contributed by atoms with Crippen LogP contribution in [0.4, 0.5) is 0 Å². The van der Waals surface area contributed by atoms with Crippen LogP contribution in [0.5, 0.6) is 0 Å². The molecule has 23 heavy (non-hydrogen) atoms. The summed E-state index contributed by atoms with van der Waals surface area (Å²) in [6.45, 7) is 6.23. The molecule has 5 nitrogen and oxygen atoms in total. The first kappa shape index (κ1) is 17.8. The lowest BCUT2D eigenvalue weighted by molar-refractivity contribution is -0.138. The molecule has 2 amide bonds. The number of ether oxygens (including phenoxy) is 1. The number of amides is 2. The van der Waals surface area contributed by atoms with E-state index in [2.05, 4.69) is 5.32 Å².